The number of rotatable bonds is 1. The van der Waals surface area contributed by atoms with Crippen molar-refractivity contribution in [2.24, 2.45) is 0 Å². The Morgan fingerprint density at radius 2 is 2.23 bits per heavy atom. The van der Waals surface area contributed by atoms with Gasteiger partial charge in [-0.2, -0.15) is 5.26 Å². The number of nitrogens with zero attached hydrogens (tertiary/aromatic N) is 2. The van der Waals surface area contributed by atoms with Crippen LogP contribution in [0.3, 0.4) is 0 Å². The quantitative estimate of drug-likeness (QED) is 0.659. The second-order valence-corrected chi connectivity index (χ2v) is 2.49. The van der Waals surface area contributed by atoms with Gasteiger partial charge >= 0.3 is 0 Å². The lowest BCUT2D eigenvalue weighted by molar-refractivity contribution is 0.580. The van der Waals surface area contributed by atoms with E-state index in [0.29, 0.717) is 17.0 Å². The molecule has 2 heterocycles. The third-order valence-corrected chi connectivity index (χ3v) is 1.68. The summed E-state index contributed by atoms with van der Waals surface area (Å²) in [6.07, 6.45) is 3.20. The third kappa shape index (κ3) is 1.30. The van der Waals surface area contributed by atoms with Crippen LogP contribution in [0.15, 0.2) is 41.1 Å². The molecule has 2 aromatic heterocycles. The molecule has 0 bridgehead atoms. The topological polar surface area (TPSA) is 49.8 Å². The number of hydrogen-bond acceptors (Lipinski definition) is 3. The number of furan rings is 1. The first-order valence-electron chi connectivity index (χ1n) is 3.81. The van der Waals surface area contributed by atoms with E-state index in [1.54, 1.807) is 36.7 Å². The van der Waals surface area contributed by atoms with Gasteiger partial charge in [-0.25, -0.2) is 0 Å². The van der Waals surface area contributed by atoms with Crippen molar-refractivity contribution in [3.05, 3.63) is 42.3 Å². The van der Waals surface area contributed by atoms with Crippen LogP contribution in [0, 0.1) is 11.3 Å². The normalized spacial score (nSPS) is 9.46. The fourth-order valence-electron chi connectivity index (χ4n) is 1.11. The molecular formula is C10H6N2O. The van der Waals surface area contributed by atoms with Crippen LogP contribution >= 0.6 is 0 Å². The predicted molar refractivity (Wildman–Crippen MR) is 46.7 cm³/mol. The van der Waals surface area contributed by atoms with Crippen LogP contribution in [-0.4, -0.2) is 4.98 Å². The molecule has 0 atom stereocenters. The molecule has 62 valence electrons. The molecule has 0 aromatic carbocycles. The molecule has 0 radical (unpaired) electrons. The van der Waals surface area contributed by atoms with Crippen LogP contribution in [-0.2, 0) is 0 Å². The van der Waals surface area contributed by atoms with E-state index < -0.39 is 0 Å². The Hall–Kier alpha value is -2.08. The highest BCUT2D eigenvalue weighted by molar-refractivity contribution is 5.60. The van der Waals surface area contributed by atoms with Crippen LogP contribution in [0.1, 0.15) is 5.56 Å². The maximum atomic E-state index is 8.79. The monoisotopic (exact) mass is 170 g/mol. The van der Waals surface area contributed by atoms with Crippen LogP contribution in [0.4, 0.5) is 0 Å². The van der Waals surface area contributed by atoms with E-state index in [9.17, 15) is 0 Å². The van der Waals surface area contributed by atoms with Gasteiger partial charge in [-0.05, 0) is 24.3 Å². The molecule has 0 amide bonds. The largest absolute Gasteiger partial charge is 0.463 e. The molecule has 3 heteroatoms. The summed E-state index contributed by atoms with van der Waals surface area (Å²) >= 11 is 0. The maximum absolute atomic E-state index is 8.79. The van der Waals surface area contributed by atoms with Crippen LogP contribution < -0.4 is 0 Å². The Bertz CT molecular complexity index is 440. The lowest BCUT2D eigenvalue weighted by Gasteiger charge is -1.96. The van der Waals surface area contributed by atoms with Gasteiger partial charge in [0.15, 0.2) is 5.76 Å². The van der Waals surface area contributed by atoms with Gasteiger partial charge in [0.25, 0.3) is 0 Å². The van der Waals surface area contributed by atoms with Gasteiger partial charge in [-0.1, -0.05) is 0 Å². The molecule has 0 saturated carbocycles. The maximum Gasteiger partial charge on any atom is 0.153 e. The molecule has 0 fully saturated rings. The third-order valence-electron chi connectivity index (χ3n) is 1.68. The number of nitriles is 1. The summed E-state index contributed by atoms with van der Waals surface area (Å²) in [6, 6.07) is 9.05. The molecule has 0 N–H and O–H groups in total. The molecule has 0 unspecified atom stereocenters. The zero-order valence-electron chi connectivity index (χ0n) is 6.77. The average molecular weight is 170 g/mol. The van der Waals surface area contributed by atoms with Gasteiger partial charge in [0.05, 0.1) is 11.8 Å². The Morgan fingerprint density at radius 1 is 1.31 bits per heavy atom. The van der Waals surface area contributed by atoms with Crippen molar-refractivity contribution >= 4 is 0 Å². The summed E-state index contributed by atoms with van der Waals surface area (Å²) in [7, 11) is 0. The Labute approximate surface area is 75.3 Å². The van der Waals surface area contributed by atoms with E-state index in [1.165, 1.54) is 0 Å². The van der Waals surface area contributed by atoms with Gasteiger partial charge in [0, 0.05) is 6.20 Å². The molecule has 0 aliphatic carbocycles. The Balaban J connectivity index is 2.59. The molecule has 13 heavy (non-hydrogen) atoms. The van der Waals surface area contributed by atoms with Crippen LogP contribution in [0.2, 0.25) is 0 Å². The van der Waals surface area contributed by atoms with Crippen molar-refractivity contribution in [2.75, 3.05) is 0 Å². The molecule has 0 aliphatic rings. The summed E-state index contributed by atoms with van der Waals surface area (Å²) in [5.41, 5.74) is 1.12. The van der Waals surface area contributed by atoms with E-state index in [4.69, 9.17) is 9.68 Å². The zero-order valence-corrected chi connectivity index (χ0v) is 6.77. The van der Waals surface area contributed by atoms with Crippen LogP contribution in [0.25, 0.3) is 11.5 Å². The van der Waals surface area contributed by atoms with Gasteiger partial charge in [0.1, 0.15) is 11.8 Å². The SMILES string of the molecule is N#Cc1cccnc1-c1ccco1. The first-order chi connectivity index (χ1) is 6.42. The molecule has 0 aliphatic heterocycles. The van der Waals surface area contributed by atoms with E-state index in [-0.39, 0.29) is 0 Å². The minimum atomic E-state index is 0.525. The van der Waals surface area contributed by atoms with E-state index in [0.717, 1.165) is 0 Å². The fraction of sp³-hybridized carbons (Fsp3) is 0. The highest BCUT2D eigenvalue weighted by atomic mass is 16.3. The lowest BCUT2D eigenvalue weighted by Crippen LogP contribution is -1.85. The molecular weight excluding hydrogens is 164 g/mol. The highest BCUT2D eigenvalue weighted by Crippen LogP contribution is 2.20. The van der Waals surface area contributed by atoms with Crippen molar-refractivity contribution in [2.45, 2.75) is 0 Å². The highest BCUT2D eigenvalue weighted by Gasteiger charge is 2.06. The fourth-order valence-corrected chi connectivity index (χ4v) is 1.11. The van der Waals surface area contributed by atoms with Gasteiger partial charge in [-0.15, -0.1) is 0 Å². The van der Waals surface area contributed by atoms with Crippen molar-refractivity contribution in [1.82, 2.24) is 4.98 Å². The minimum absolute atomic E-state index is 0.525. The summed E-state index contributed by atoms with van der Waals surface area (Å²) < 4.78 is 5.15. The van der Waals surface area contributed by atoms with Crippen molar-refractivity contribution in [3.63, 3.8) is 0 Å². The van der Waals surface area contributed by atoms with E-state index in [1.807, 2.05) is 0 Å². The van der Waals surface area contributed by atoms with Crippen molar-refractivity contribution in [1.29, 1.82) is 5.26 Å². The van der Waals surface area contributed by atoms with Gasteiger partial charge in [-0.3, -0.25) is 4.98 Å². The Morgan fingerprint density at radius 3 is 2.92 bits per heavy atom. The summed E-state index contributed by atoms with van der Waals surface area (Å²) in [5.74, 6) is 0.622. The lowest BCUT2D eigenvalue weighted by atomic mass is 10.2. The number of hydrogen-bond donors (Lipinski definition) is 0. The smallest absolute Gasteiger partial charge is 0.153 e. The summed E-state index contributed by atoms with van der Waals surface area (Å²) in [6.45, 7) is 0. The first-order valence-corrected chi connectivity index (χ1v) is 3.81. The van der Waals surface area contributed by atoms with E-state index >= 15 is 0 Å². The summed E-state index contributed by atoms with van der Waals surface area (Å²) in [5, 5.41) is 8.79. The molecule has 2 rings (SSSR count). The predicted octanol–water partition coefficient (Wildman–Crippen LogP) is 2.21. The number of aromatic nitrogens is 1. The molecule has 0 spiro atoms. The number of pyridine rings is 1. The Kier molecular flexibility index (Phi) is 1.81. The second-order valence-electron chi connectivity index (χ2n) is 2.49. The van der Waals surface area contributed by atoms with E-state index in [2.05, 4.69) is 11.1 Å². The van der Waals surface area contributed by atoms with Crippen molar-refractivity contribution < 1.29 is 4.42 Å². The summed E-state index contributed by atoms with van der Waals surface area (Å²) in [4.78, 5) is 4.08. The van der Waals surface area contributed by atoms with Crippen molar-refractivity contribution in [3.8, 4) is 17.5 Å². The molecule has 2 aromatic rings. The molecule has 0 saturated heterocycles. The van der Waals surface area contributed by atoms with Gasteiger partial charge < -0.3 is 4.42 Å². The molecule has 3 nitrogen and oxygen atoms in total. The zero-order chi connectivity index (χ0) is 9.10. The first kappa shape index (κ1) is 7.56. The average Bonchev–Trinajstić information content (AvgIpc) is 2.70. The second kappa shape index (κ2) is 3.11. The van der Waals surface area contributed by atoms with Gasteiger partial charge in [0.2, 0.25) is 0 Å². The van der Waals surface area contributed by atoms with Crippen LogP contribution in [0.5, 0.6) is 0 Å². The minimum Gasteiger partial charge on any atom is -0.463 e. The standard InChI is InChI=1S/C10H6N2O/c11-7-8-3-1-5-12-10(8)9-4-2-6-13-9/h1-6H.